The lowest BCUT2D eigenvalue weighted by Gasteiger charge is -2.08. The van der Waals surface area contributed by atoms with Crippen molar-refractivity contribution in [3.8, 4) is 0 Å². The molecule has 1 amide bonds. The minimum absolute atomic E-state index is 0.0137. The number of carbonyl (C=O) groups excluding carboxylic acids is 1. The first-order valence-corrected chi connectivity index (χ1v) is 11.3. The van der Waals surface area contributed by atoms with Gasteiger partial charge in [0, 0.05) is 19.6 Å². The molecule has 0 saturated carbocycles. The van der Waals surface area contributed by atoms with Gasteiger partial charge < -0.3 is 48.7 Å². The van der Waals surface area contributed by atoms with Crippen molar-refractivity contribution in [1.82, 2.24) is 5.32 Å². The third-order valence-corrected chi connectivity index (χ3v) is 3.81. The van der Waals surface area contributed by atoms with Crippen LogP contribution < -0.4 is 5.32 Å². The average Bonchev–Trinajstić information content (AvgIpc) is 2.80. The van der Waals surface area contributed by atoms with Crippen molar-refractivity contribution >= 4 is 17.8 Å². The van der Waals surface area contributed by atoms with Gasteiger partial charge in [-0.2, -0.15) is 0 Å². The molecule has 0 heterocycles. The van der Waals surface area contributed by atoms with Gasteiger partial charge >= 0.3 is 11.9 Å². The Morgan fingerprint density at radius 3 is 1.26 bits per heavy atom. The van der Waals surface area contributed by atoms with Gasteiger partial charge in [0.25, 0.3) is 0 Å². The van der Waals surface area contributed by atoms with Crippen LogP contribution in [0.15, 0.2) is 0 Å². The Morgan fingerprint density at radius 1 is 0.500 bits per heavy atom. The van der Waals surface area contributed by atoms with Gasteiger partial charge in [0.2, 0.25) is 5.91 Å². The summed E-state index contributed by atoms with van der Waals surface area (Å²) in [5, 5.41) is 19.5. The topological polar surface area (TPSA) is 168 Å². The van der Waals surface area contributed by atoms with Gasteiger partial charge in [0.15, 0.2) is 0 Å². The minimum atomic E-state index is -1.00. The lowest BCUT2D eigenvalue weighted by molar-refractivity contribution is -0.142. The molecule has 0 atom stereocenters. The normalized spacial score (nSPS) is 10.9. The maximum Gasteiger partial charge on any atom is 0.329 e. The Balaban J connectivity index is 3.09. The van der Waals surface area contributed by atoms with Crippen LogP contribution in [0.4, 0.5) is 0 Å². The molecule has 13 heteroatoms. The van der Waals surface area contributed by atoms with Crippen LogP contribution in [0, 0.1) is 0 Å². The van der Waals surface area contributed by atoms with Crippen molar-refractivity contribution in [2.45, 2.75) is 19.3 Å². The predicted octanol–water partition coefficient (Wildman–Crippen LogP) is -0.442. The van der Waals surface area contributed by atoms with E-state index in [1.807, 2.05) is 0 Å². The fourth-order valence-electron chi connectivity index (χ4n) is 2.19. The summed E-state index contributed by atoms with van der Waals surface area (Å²) in [6, 6.07) is 0. The molecule has 0 spiro atoms. The summed E-state index contributed by atoms with van der Waals surface area (Å²) in [5.74, 6) is -2.26. The zero-order valence-corrected chi connectivity index (χ0v) is 19.7. The van der Waals surface area contributed by atoms with E-state index in [4.69, 9.17) is 43.4 Å². The Morgan fingerprint density at radius 2 is 0.882 bits per heavy atom. The van der Waals surface area contributed by atoms with Crippen LogP contribution >= 0.6 is 0 Å². The molecule has 0 aliphatic rings. The average molecular weight is 498 g/mol. The van der Waals surface area contributed by atoms with Crippen LogP contribution in [0.2, 0.25) is 0 Å². The van der Waals surface area contributed by atoms with Gasteiger partial charge in [-0.1, -0.05) is 0 Å². The van der Waals surface area contributed by atoms with Crippen LogP contribution in [0.1, 0.15) is 19.3 Å². The molecule has 0 saturated heterocycles. The molecule has 0 bridgehead atoms. The zero-order chi connectivity index (χ0) is 25.1. The molecule has 0 fully saturated rings. The largest absolute Gasteiger partial charge is 0.481 e. The molecule has 0 unspecified atom stereocenters. The number of amides is 1. The smallest absolute Gasteiger partial charge is 0.329 e. The summed E-state index contributed by atoms with van der Waals surface area (Å²) in [4.78, 5) is 31.9. The highest BCUT2D eigenvalue weighted by atomic mass is 16.6. The van der Waals surface area contributed by atoms with Gasteiger partial charge in [-0.15, -0.1) is 0 Å². The summed E-state index contributed by atoms with van der Waals surface area (Å²) >= 11 is 0. The number of aliphatic carboxylic acids is 2. The van der Waals surface area contributed by atoms with Crippen molar-refractivity contribution in [3.63, 3.8) is 0 Å². The summed E-state index contributed by atoms with van der Waals surface area (Å²) in [5.41, 5.74) is 0. The van der Waals surface area contributed by atoms with Crippen molar-refractivity contribution in [2.24, 2.45) is 0 Å². The predicted molar refractivity (Wildman–Crippen MR) is 118 cm³/mol. The standard InChI is InChI=1S/C21H39NO12/c23-19(2-3-20(24)25)22-4-1-5-28-6-7-29-8-9-30-10-11-31-12-13-32-14-15-33-16-17-34-18-21(26)27/h1-18H2,(H,22,23)(H,24,25)(H,26,27). The fourth-order valence-corrected chi connectivity index (χ4v) is 2.19. The highest BCUT2D eigenvalue weighted by molar-refractivity contribution is 5.80. The van der Waals surface area contributed by atoms with Crippen LogP contribution in [0.25, 0.3) is 0 Å². The molecule has 0 rings (SSSR count). The van der Waals surface area contributed by atoms with Gasteiger partial charge in [-0.25, -0.2) is 4.79 Å². The number of hydrogen-bond acceptors (Lipinski definition) is 10. The lowest BCUT2D eigenvalue weighted by atomic mass is 10.3. The Hall–Kier alpha value is -1.87. The van der Waals surface area contributed by atoms with Crippen molar-refractivity contribution in [3.05, 3.63) is 0 Å². The van der Waals surface area contributed by atoms with E-state index in [-0.39, 0.29) is 32.0 Å². The maximum absolute atomic E-state index is 11.3. The number of nitrogens with one attached hydrogen (secondary N) is 1. The second-order valence-corrected chi connectivity index (χ2v) is 6.72. The molecule has 3 N–H and O–H groups in total. The van der Waals surface area contributed by atoms with Gasteiger partial charge in [-0.3, -0.25) is 9.59 Å². The zero-order valence-electron chi connectivity index (χ0n) is 19.7. The lowest BCUT2D eigenvalue weighted by Crippen LogP contribution is -2.25. The van der Waals surface area contributed by atoms with Crippen LogP contribution in [0.5, 0.6) is 0 Å². The maximum atomic E-state index is 11.3. The third kappa shape index (κ3) is 28.2. The highest BCUT2D eigenvalue weighted by Crippen LogP contribution is 1.90. The van der Waals surface area contributed by atoms with E-state index in [0.717, 1.165) is 0 Å². The first-order chi connectivity index (χ1) is 16.5. The highest BCUT2D eigenvalue weighted by Gasteiger charge is 2.04. The van der Waals surface area contributed by atoms with Crippen molar-refractivity contribution < 1.29 is 57.8 Å². The number of carboxylic acids is 2. The molecule has 0 aliphatic heterocycles. The van der Waals surface area contributed by atoms with E-state index in [2.05, 4.69) is 5.32 Å². The van der Waals surface area contributed by atoms with Gasteiger partial charge in [0.1, 0.15) is 6.61 Å². The SMILES string of the molecule is O=C(O)CCC(=O)NCCCOCCOCCOCCOCCOCCOCCOCC(=O)O. The number of rotatable bonds is 27. The van der Waals surface area contributed by atoms with E-state index in [1.165, 1.54) is 0 Å². The summed E-state index contributed by atoms with van der Waals surface area (Å²) in [6.07, 6.45) is 0.465. The number of carboxylic acid groups (broad SMARTS) is 2. The first-order valence-electron chi connectivity index (χ1n) is 11.3. The van der Waals surface area contributed by atoms with Crippen molar-refractivity contribution in [2.75, 3.05) is 99.0 Å². The molecule has 13 nitrogen and oxygen atoms in total. The summed E-state index contributed by atoms with van der Waals surface area (Å²) in [7, 11) is 0. The van der Waals surface area contributed by atoms with Gasteiger partial charge in [-0.05, 0) is 6.42 Å². The minimum Gasteiger partial charge on any atom is -0.481 e. The van der Waals surface area contributed by atoms with Crippen molar-refractivity contribution in [1.29, 1.82) is 0 Å². The summed E-state index contributed by atoms with van der Waals surface area (Å²) < 4.78 is 36.9. The fraction of sp³-hybridized carbons (Fsp3) is 0.857. The second kappa shape index (κ2) is 25.7. The Kier molecular flexibility index (Phi) is 24.3. The van der Waals surface area contributed by atoms with Crippen LogP contribution in [-0.4, -0.2) is 127 Å². The molecular weight excluding hydrogens is 458 g/mol. The monoisotopic (exact) mass is 497 g/mol. The third-order valence-electron chi connectivity index (χ3n) is 3.81. The van der Waals surface area contributed by atoms with E-state index >= 15 is 0 Å². The summed E-state index contributed by atoms with van der Waals surface area (Å²) in [6.45, 7) is 5.58. The number of hydrogen-bond donors (Lipinski definition) is 3. The second-order valence-electron chi connectivity index (χ2n) is 6.72. The molecular formula is C21H39NO12. The molecule has 0 aliphatic carbocycles. The van der Waals surface area contributed by atoms with Crippen LogP contribution in [-0.2, 0) is 47.5 Å². The van der Waals surface area contributed by atoms with E-state index in [1.54, 1.807) is 0 Å². The first kappa shape index (κ1) is 32.1. The molecule has 0 radical (unpaired) electrons. The molecule has 0 aromatic carbocycles. The van der Waals surface area contributed by atoms with Gasteiger partial charge in [0.05, 0.1) is 85.7 Å². The quantitative estimate of drug-likeness (QED) is 0.125. The molecule has 0 aromatic heterocycles. The number of ether oxygens (including phenoxy) is 7. The number of carbonyl (C=O) groups is 3. The van der Waals surface area contributed by atoms with E-state index in [9.17, 15) is 14.4 Å². The van der Waals surface area contributed by atoms with Crippen LogP contribution in [0.3, 0.4) is 0 Å². The van der Waals surface area contributed by atoms with E-state index < -0.39 is 11.9 Å². The van der Waals surface area contributed by atoms with E-state index in [0.29, 0.717) is 92.2 Å². The molecule has 200 valence electrons. The molecule has 34 heavy (non-hydrogen) atoms. The Bertz CT molecular complexity index is 506. The Labute approximate surface area is 199 Å². The molecule has 0 aromatic rings.